The first-order valence-corrected chi connectivity index (χ1v) is 8.91. The molecule has 1 aromatic carbocycles. The van der Waals surface area contributed by atoms with Crippen LogP contribution in [-0.2, 0) is 11.3 Å². The third-order valence-electron chi connectivity index (χ3n) is 4.61. The maximum absolute atomic E-state index is 12.6. The molecule has 1 fully saturated rings. The smallest absolute Gasteiger partial charge is 0.256 e. The average molecular weight is 343 g/mol. The highest BCUT2D eigenvalue weighted by molar-refractivity contribution is 5.97. The molecule has 6 heteroatoms. The van der Waals surface area contributed by atoms with Gasteiger partial charge in [-0.25, -0.2) is 0 Å². The number of aromatic nitrogens is 1. The summed E-state index contributed by atoms with van der Waals surface area (Å²) in [5.41, 5.74) is 0.872. The quantitative estimate of drug-likeness (QED) is 0.807. The molecule has 0 atom stereocenters. The zero-order valence-electron chi connectivity index (χ0n) is 14.7. The van der Waals surface area contributed by atoms with E-state index in [2.05, 4.69) is 10.2 Å². The van der Waals surface area contributed by atoms with E-state index in [4.69, 9.17) is 4.74 Å². The molecule has 1 aromatic heterocycles. The van der Waals surface area contributed by atoms with E-state index in [1.807, 2.05) is 29.7 Å². The lowest BCUT2D eigenvalue weighted by atomic mass is 10.1. The Kier molecular flexibility index (Phi) is 5.83. The molecule has 25 heavy (non-hydrogen) atoms. The van der Waals surface area contributed by atoms with Gasteiger partial charge in [0.2, 0.25) is 5.43 Å². The maximum Gasteiger partial charge on any atom is 0.256 e. The lowest BCUT2D eigenvalue weighted by Crippen LogP contribution is -2.38. The first-order chi connectivity index (χ1) is 12.2. The molecule has 6 nitrogen and oxygen atoms in total. The van der Waals surface area contributed by atoms with Crippen molar-refractivity contribution in [3.05, 3.63) is 46.2 Å². The second-order valence-electron chi connectivity index (χ2n) is 6.24. The molecule has 1 saturated heterocycles. The maximum atomic E-state index is 12.6. The molecular formula is C19H25N3O3. The summed E-state index contributed by atoms with van der Waals surface area (Å²) < 4.78 is 7.27. The number of carbonyl (C=O) groups is 1. The summed E-state index contributed by atoms with van der Waals surface area (Å²) in [5, 5.41) is 3.47. The zero-order valence-corrected chi connectivity index (χ0v) is 14.7. The van der Waals surface area contributed by atoms with Crippen LogP contribution in [0.3, 0.4) is 0 Å². The summed E-state index contributed by atoms with van der Waals surface area (Å²) in [5.74, 6) is -0.292. The molecule has 1 aliphatic rings. The highest BCUT2D eigenvalue weighted by Crippen LogP contribution is 2.11. The van der Waals surface area contributed by atoms with Crippen molar-refractivity contribution in [3.63, 3.8) is 0 Å². The molecule has 0 unspecified atom stereocenters. The number of morpholine rings is 1. The Bertz CT molecular complexity index is 794. The fourth-order valence-electron chi connectivity index (χ4n) is 3.19. The van der Waals surface area contributed by atoms with Crippen LogP contribution in [-0.4, -0.2) is 54.8 Å². The Hall–Kier alpha value is -2.18. The number of benzene rings is 1. The van der Waals surface area contributed by atoms with Crippen LogP contribution in [0.4, 0.5) is 0 Å². The van der Waals surface area contributed by atoms with Crippen molar-refractivity contribution in [1.82, 2.24) is 14.8 Å². The van der Waals surface area contributed by atoms with Gasteiger partial charge < -0.3 is 14.6 Å². The molecule has 1 N–H and O–H groups in total. The third-order valence-corrected chi connectivity index (χ3v) is 4.61. The lowest BCUT2D eigenvalue weighted by molar-refractivity contribution is 0.0374. The van der Waals surface area contributed by atoms with Crippen LogP contribution in [0.15, 0.2) is 35.3 Å². The number of hydrogen-bond acceptors (Lipinski definition) is 4. The van der Waals surface area contributed by atoms with Gasteiger partial charge in [0.25, 0.3) is 5.91 Å². The van der Waals surface area contributed by atoms with Gasteiger partial charge in [-0.3, -0.25) is 14.5 Å². The molecule has 0 aliphatic carbocycles. The third kappa shape index (κ3) is 4.08. The van der Waals surface area contributed by atoms with E-state index < -0.39 is 0 Å². The van der Waals surface area contributed by atoms with Gasteiger partial charge in [-0.15, -0.1) is 0 Å². The molecular weight excluding hydrogens is 318 g/mol. The van der Waals surface area contributed by atoms with Crippen LogP contribution in [0.2, 0.25) is 0 Å². The van der Waals surface area contributed by atoms with Crippen LogP contribution in [0.25, 0.3) is 10.9 Å². The summed E-state index contributed by atoms with van der Waals surface area (Å²) in [6, 6.07) is 7.41. The van der Waals surface area contributed by atoms with Gasteiger partial charge in [0.05, 0.1) is 18.7 Å². The first-order valence-electron chi connectivity index (χ1n) is 8.91. The zero-order chi connectivity index (χ0) is 17.6. The SMILES string of the molecule is CCn1cc(C(=O)NCCCN2CCOCC2)c(=O)c2ccccc21. The van der Waals surface area contributed by atoms with E-state index in [9.17, 15) is 9.59 Å². The van der Waals surface area contributed by atoms with Crippen molar-refractivity contribution in [1.29, 1.82) is 0 Å². The topological polar surface area (TPSA) is 63.6 Å². The Morgan fingerprint density at radius 1 is 1.24 bits per heavy atom. The number of pyridine rings is 1. The fraction of sp³-hybridized carbons (Fsp3) is 0.474. The molecule has 3 rings (SSSR count). The summed E-state index contributed by atoms with van der Waals surface area (Å²) in [6.45, 7) is 7.65. The second-order valence-corrected chi connectivity index (χ2v) is 6.24. The number of para-hydroxylation sites is 1. The molecule has 0 radical (unpaired) electrons. The van der Waals surface area contributed by atoms with Gasteiger partial charge in [0.15, 0.2) is 0 Å². The lowest BCUT2D eigenvalue weighted by Gasteiger charge is -2.26. The minimum atomic E-state index is -0.292. The molecule has 2 aromatic rings. The number of ether oxygens (including phenoxy) is 1. The van der Waals surface area contributed by atoms with Crippen molar-refractivity contribution in [2.24, 2.45) is 0 Å². The predicted octanol–water partition coefficient (Wildman–Crippen LogP) is 1.47. The molecule has 134 valence electrons. The van der Waals surface area contributed by atoms with E-state index in [1.54, 1.807) is 12.3 Å². The van der Waals surface area contributed by atoms with Crippen molar-refractivity contribution in [2.75, 3.05) is 39.4 Å². The summed E-state index contributed by atoms with van der Waals surface area (Å²) in [4.78, 5) is 27.4. The molecule has 0 bridgehead atoms. The largest absolute Gasteiger partial charge is 0.379 e. The van der Waals surface area contributed by atoms with Gasteiger partial charge in [0, 0.05) is 37.8 Å². The van der Waals surface area contributed by atoms with Gasteiger partial charge in [-0.2, -0.15) is 0 Å². The monoisotopic (exact) mass is 343 g/mol. The number of fused-ring (bicyclic) bond motifs is 1. The Balaban J connectivity index is 1.65. The van der Waals surface area contributed by atoms with Crippen LogP contribution in [0.1, 0.15) is 23.7 Å². The van der Waals surface area contributed by atoms with Crippen molar-refractivity contribution in [2.45, 2.75) is 19.9 Å². The average Bonchev–Trinajstić information content (AvgIpc) is 2.66. The second kappa shape index (κ2) is 8.27. The molecule has 1 amide bonds. The number of nitrogens with one attached hydrogen (secondary N) is 1. The Morgan fingerprint density at radius 2 is 2.00 bits per heavy atom. The van der Waals surface area contributed by atoms with E-state index in [-0.39, 0.29) is 16.9 Å². The molecule has 0 spiro atoms. The molecule has 1 aliphatic heterocycles. The predicted molar refractivity (Wildman–Crippen MR) is 98.1 cm³/mol. The van der Waals surface area contributed by atoms with Gasteiger partial charge >= 0.3 is 0 Å². The van der Waals surface area contributed by atoms with Crippen molar-refractivity contribution < 1.29 is 9.53 Å². The normalized spacial score (nSPS) is 15.4. The van der Waals surface area contributed by atoms with E-state index >= 15 is 0 Å². The summed E-state index contributed by atoms with van der Waals surface area (Å²) >= 11 is 0. The fourth-order valence-corrected chi connectivity index (χ4v) is 3.19. The number of rotatable bonds is 6. The van der Waals surface area contributed by atoms with E-state index in [0.29, 0.717) is 18.5 Å². The highest BCUT2D eigenvalue weighted by atomic mass is 16.5. The van der Waals surface area contributed by atoms with Gasteiger partial charge in [-0.1, -0.05) is 12.1 Å². The van der Waals surface area contributed by atoms with Crippen molar-refractivity contribution in [3.8, 4) is 0 Å². The Morgan fingerprint density at radius 3 is 2.76 bits per heavy atom. The number of carbonyl (C=O) groups excluding carboxylic acids is 1. The van der Waals surface area contributed by atoms with E-state index in [0.717, 1.165) is 44.8 Å². The highest BCUT2D eigenvalue weighted by Gasteiger charge is 2.15. The molecule has 0 saturated carbocycles. The van der Waals surface area contributed by atoms with Crippen LogP contribution in [0.5, 0.6) is 0 Å². The minimum absolute atomic E-state index is 0.203. The van der Waals surface area contributed by atoms with Gasteiger partial charge in [-0.05, 0) is 32.0 Å². The van der Waals surface area contributed by atoms with Crippen LogP contribution < -0.4 is 10.7 Å². The summed E-state index contributed by atoms with van der Waals surface area (Å²) in [6.07, 6.45) is 2.53. The van der Waals surface area contributed by atoms with Crippen LogP contribution in [0, 0.1) is 0 Å². The number of aryl methyl sites for hydroxylation is 1. The van der Waals surface area contributed by atoms with Crippen LogP contribution >= 0.6 is 0 Å². The summed E-state index contributed by atoms with van der Waals surface area (Å²) in [7, 11) is 0. The number of nitrogens with zero attached hydrogens (tertiary/aromatic N) is 2. The van der Waals surface area contributed by atoms with Crippen molar-refractivity contribution >= 4 is 16.8 Å². The number of hydrogen-bond donors (Lipinski definition) is 1. The minimum Gasteiger partial charge on any atom is -0.379 e. The number of amides is 1. The molecule has 2 heterocycles. The van der Waals surface area contributed by atoms with Gasteiger partial charge in [0.1, 0.15) is 5.56 Å². The first kappa shape index (κ1) is 17.6. The Labute approximate surface area is 147 Å². The standard InChI is InChI=1S/C19H25N3O3/c1-2-22-14-16(18(23)15-6-3-4-7-17(15)22)19(24)20-8-5-9-21-10-12-25-13-11-21/h3-4,6-7,14H,2,5,8-13H2,1H3,(H,20,24). The van der Waals surface area contributed by atoms with E-state index in [1.165, 1.54) is 0 Å².